The van der Waals surface area contributed by atoms with E-state index in [0.29, 0.717) is 6.54 Å². The molecule has 0 bridgehead atoms. The van der Waals surface area contributed by atoms with Crippen LogP contribution in [0.4, 0.5) is 13.2 Å². The van der Waals surface area contributed by atoms with Gasteiger partial charge < -0.3 is 9.13 Å². The van der Waals surface area contributed by atoms with Crippen LogP contribution in [0.2, 0.25) is 0 Å². The maximum absolute atomic E-state index is 13.2. The first kappa shape index (κ1) is 22.0. The molecule has 7 rings (SSSR count). The number of fused-ring (bicyclic) bond motifs is 7. The molecule has 0 atom stereocenters. The van der Waals surface area contributed by atoms with Crippen molar-refractivity contribution in [3.8, 4) is 22.5 Å². The van der Waals surface area contributed by atoms with Gasteiger partial charge in [-0.2, -0.15) is 13.2 Å². The van der Waals surface area contributed by atoms with Crippen molar-refractivity contribution >= 4 is 21.8 Å². The molecule has 0 aliphatic carbocycles. The molecule has 37 heavy (non-hydrogen) atoms. The highest BCUT2D eigenvalue weighted by atomic mass is 19.4. The van der Waals surface area contributed by atoms with Gasteiger partial charge in [0, 0.05) is 40.5 Å². The van der Waals surface area contributed by atoms with Gasteiger partial charge in [-0.25, -0.2) is 0 Å². The zero-order chi connectivity index (χ0) is 25.1. The zero-order valence-corrected chi connectivity index (χ0v) is 20.0. The lowest BCUT2D eigenvalue weighted by molar-refractivity contribution is -0.137. The lowest BCUT2D eigenvalue weighted by Gasteiger charge is -2.22. The third-order valence-electron chi connectivity index (χ3n) is 7.54. The van der Waals surface area contributed by atoms with Gasteiger partial charge in [-0.3, -0.25) is 0 Å². The molecule has 4 aromatic carbocycles. The Bertz CT molecular complexity index is 1770. The van der Waals surface area contributed by atoms with E-state index in [0.717, 1.165) is 35.3 Å². The van der Waals surface area contributed by atoms with E-state index in [1.807, 2.05) is 12.1 Å². The molecule has 5 heteroatoms. The molecule has 2 aromatic heterocycles. The average Bonchev–Trinajstić information content (AvgIpc) is 3.42. The highest BCUT2D eigenvalue weighted by Gasteiger charge is 2.31. The highest BCUT2D eigenvalue weighted by Crippen LogP contribution is 2.47. The first-order valence-electron chi connectivity index (χ1n) is 12.4. The molecule has 1 aliphatic heterocycles. The number of hydrogen-bond donors (Lipinski definition) is 0. The predicted molar refractivity (Wildman–Crippen MR) is 143 cm³/mol. The third-order valence-corrected chi connectivity index (χ3v) is 7.54. The molecule has 0 fully saturated rings. The van der Waals surface area contributed by atoms with Gasteiger partial charge in [-0.1, -0.05) is 78.9 Å². The van der Waals surface area contributed by atoms with Gasteiger partial charge in [0.2, 0.25) is 0 Å². The summed E-state index contributed by atoms with van der Waals surface area (Å²) in [6.45, 7) is 1.37. The number of aromatic nitrogens is 2. The summed E-state index contributed by atoms with van der Waals surface area (Å²) in [6, 6.07) is 32.9. The molecule has 6 aromatic rings. The van der Waals surface area contributed by atoms with Crippen molar-refractivity contribution in [1.29, 1.82) is 0 Å². The van der Waals surface area contributed by atoms with E-state index in [9.17, 15) is 13.2 Å². The minimum atomic E-state index is -4.34. The Balaban J connectivity index is 1.51. The second-order valence-electron chi connectivity index (χ2n) is 9.63. The summed E-state index contributed by atoms with van der Waals surface area (Å²) in [5.41, 5.74) is 8.51. The second kappa shape index (κ2) is 8.13. The number of alkyl halides is 3. The topological polar surface area (TPSA) is 9.86 Å². The summed E-state index contributed by atoms with van der Waals surface area (Å²) in [6.07, 6.45) is -3.45. The SMILES string of the molecule is FC(F)(F)c1ccc(Cn2c3c(c4ccccc42)CCn2c-3c(-c3ccccc3)c3ccccc32)cc1. The Morgan fingerprint density at radius 1 is 0.649 bits per heavy atom. The van der Waals surface area contributed by atoms with Crippen LogP contribution < -0.4 is 0 Å². The average molecular weight is 493 g/mol. The van der Waals surface area contributed by atoms with Crippen molar-refractivity contribution in [3.63, 3.8) is 0 Å². The number of hydrogen-bond acceptors (Lipinski definition) is 0. The predicted octanol–water partition coefficient (Wildman–Crippen LogP) is 8.55. The molecule has 0 unspecified atom stereocenters. The fourth-order valence-electron chi connectivity index (χ4n) is 5.95. The van der Waals surface area contributed by atoms with Gasteiger partial charge >= 0.3 is 6.18 Å². The van der Waals surface area contributed by atoms with E-state index in [1.165, 1.54) is 45.2 Å². The molecular weight excluding hydrogens is 469 g/mol. The minimum absolute atomic E-state index is 0.490. The summed E-state index contributed by atoms with van der Waals surface area (Å²) >= 11 is 0. The smallest absolute Gasteiger partial charge is 0.338 e. The normalized spacial score (nSPS) is 13.2. The van der Waals surface area contributed by atoms with Crippen LogP contribution in [0.25, 0.3) is 44.3 Å². The number of halogens is 3. The van der Waals surface area contributed by atoms with E-state index in [1.54, 1.807) is 12.1 Å². The fraction of sp³-hybridized carbons (Fsp3) is 0.125. The number of aryl methyl sites for hydroxylation is 2. The van der Waals surface area contributed by atoms with E-state index in [4.69, 9.17) is 0 Å². The molecular formula is C32H23F3N2. The third kappa shape index (κ3) is 3.41. The number of para-hydroxylation sites is 2. The molecule has 0 amide bonds. The first-order valence-corrected chi connectivity index (χ1v) is 12.4. The van der Waals surface area contributed by atoms with Gasteiger partial charge in [0.05, 0.1) is 17.0 Å². The summed E-state index contributed by atoms with van der Waals surface area (Å²) in [5, 5.41) is 2.42. The van der Waals surface area contributed by atoms with Gasteiger partial charge in [0.25, 0.3) is 0 Å². The van der Waals surface area contributed by atoms with Crippen LogP contribution in [0.3, 0.4) is 0 Å². The molecule has 2 nitrogen and oxygen atoms in total. The van der Waals surface area contributed by atoms with Gasteiger partial charge in [0.15, 0.2) is 0 Å². The summed E-state index contributed by atoms with van der Waals surface area (Å²) < 4.78 is 44.3. The van der Waals surface area contributed by atoms with Crippen LogP contribution >= 0.6 is 0 Å². The first-order chi connectivity index (χ1) is 18.0. The van der Waals surface area contributed by atoms with Crippen molar-refractivity contribution < 1.29 is 13.2 Å². The monoisotopic (exact) mass is 492 g/mol. The Morgan fingerprint density at radius 3 is 2.03 bits per heavy atom. The molecule has 3 heterocycles. The van der Waals surface area contributed by atoms with Crippen LogP contribution in [0.5, 0.6) is 0 Å². The van der Waals surface area contributed by atoms with Crippen molar-refractivity contribution in [1.82, 2.24) is 9.13 Å². The molecule has 1 aliphatic rings. The number of rotatable bonds is 3. The van der Waals surface area contributed by atoms with Gasteiger partial charge in [0.1, 0.15) is 0 Å². The Kier molecular flexibility index (Phi) is 4.83. The summed E-state index contributed by atoms with van der Waals surface area (Å²) in [5.74, 6) is 0. The molecule has 0 N–H and O–H groups in total. The summed E-state index contributed by atoms with van der Waals surface area (Å²) in [7, 11) is 0. The van der Waals surface area contributed by atoms with Crippen molar-refractivity contribution in [2.24, 2.45) is 0 Å². The highest BCUT2D eigenvalue weighted by molar-refractivity contribution is 6.07. The quantitative estimate of drug-likeness (QED) is 0.234. The van der Waals surface area contributed by atoms with Gasteiger partial charge in [-0.15, -0.1) is 0 Å². The van der Waals surface area contributed by atoms with E-state index >= 15 is 0 Å². The van der Waals surface area contributed by atoms with Crippen LogP contribution in [0.15, 0.2) is 103 Å². The molecule has 0 saturated carbocycles. The Labute approximate surface area is 212 Å². The van der Waals surface area contributed by atoms with Crippen LogP contribution in [0, 0.1) is 0 Å². The van der Waals surface area contributed by atoms with E-state index < -0.39 is 11.7 Å². The lowest BCUT2D eigenvalue weighted by atomic mass is 9.96. The maximum atomic E-state index is 13.2. The Morgan fingerprint density at radius 2 is 1.30 bits per heavy atom. The van der Waals surface area contributed by atoms with E-state index in [-0.39, 0.29) is 0 Å². The minimum Gasteiger partial charge on any atom is -0.338 e. The van der Waals surface area contributed by atoms with Crippen LogP contribution in [0.1, 0.15) is 16.7 Å². The number of benzene rings is 4. The molecule has 0 saturated heterocycles. The number of nitrogens with zero attached hydrogens (tertiary/aromatic N) is 2. The van der Waals surface area contributed by atoms with Gasteiger partial charge in [-0.05, 0) is 47.4 Å². The summed E-state index contributed by atoms with van der Waals surface area (Å²) in [4.78, 5) is 0. The zero-order valence-electron chi connectivity index (χ0n) is 20.0. The molecule has 0 spiro atoms. The standard InChI is InChI=1S/C32H23F3N2/c33-32(34,35)23-16-14-21(15-17-23)20-37-27-12-6-4-10-24(27)25-18-19-36-28-13-7-5-11-26(28)29(31(36)30(25)37)22-8-2-1-3-9-22/h1-17H,18-20H2. The fourth-order valence-corrected chi connectivity index (χ4v) is 5.95. The van der Waals surface area contributed by atoms with Crippen molar-refractivity contribution in [2.75, 3.05) is 0 Å². The Hall–Kier alpha value is -4.25. The largest absolute Gasteiger partial charge is 0.416 e. The van der Waals surface area contributed by atoms with E-state index in [2.05, 4.69) is 75.9 Å². The van der Waals surface area contributed by atoms with Crippen LogP contribution in [-0.4, -0.2) is 9.13 Å². The molecule has 0 radical (unpaired) electrons. The van der Waals surface area contributed by atoms with Crippen molar-refractivity contribution in [2.45, 2.75) is 25.7 Å². The second-order valence-corrected chi connectivity index (χ2v) is 9.63. The van der Waals surface area contributed by atoms with Crippen LogP contribution in [-0.2, 0) is 25.7 Å². The maximum Gasteiger partial charge on any atom is 0.416 e. The molecule has 182 valence electrons. The van der Waals surface area contributed by atoms with Crippen molar-refractivity contribution in [3.05, 3.63) is 120 Å². The lowest BCUT2D eigenvalue weighted by Crippen LogP contribution is -2.13.